The fourth-order valence-electron chi connectivity index (χ4n) is 3.69. The van der Waals surface area contributed by atoms with Crippen LogP contribution in [0.15, 0.2) is 10.9 Å². The third kappa shape index (κ3) is 6.55. The van der Waals surface area contributed by atoms with Crippen molar-refractivity contribution in [3.63, 3.8) is 0 Å². The predicted octanol–water partition coefficient (Wildman–Crippen LogP) is 1.82. The molecule has 1 unspecified atom stereocenters. The number of nitrogens with one attached hydrogen (secondary N) is 2. The average Bonchev–Trinajstić information content (AvgIpc) is 3.38. The van der Waals surface area contributed by atoms with Crippen LogP contribution in [0.4, 0.5) is 0 Å². The van der Waals surface area contributed by atoms with E-state index in [9.17, 15) is 9.59 Å². The molecule has 1 saturated heterocycles. The van der Waals surface area contributed by atoms with Crippen molar-refractivity contribution in [3.8, 4) is 0 Å². The molecule has 1 aromatic heterocycles. The summed E-state index contributed by atoms with van der Waals surface area (Å²) in [5.41, 5.74) is 2.39. The third-order valence-corrected chi connectivity index (χ3v) is 5.90. The van der Waals surface area contributed by atoms with Crippen LogP contribution in [0.1, 0.15) is 50.6 Å². The number of thiazole rings is 1. The summed E-state index contributed by atoms with van der Waals surface area (Å²) in [6, 6.07) is 0. The van der Waals surface area contributed by atoms with E-state index in [0.29, 0.717) is 32.6 Å². The van der Waals surface area contributed by atoms with E-state index in [4.69, 9.17) is 9.47 Å². The molecule has 0 spiro atoms. The van der Waals surface area contributed by atoms with Crippen LogP contribution < -0.4 is 10.6 Å². The zero-order chi connectivity index (χ0) is 19.0. The molecule has 7 nitrogen and oxygen atoms in total. The maximum absolute atomic E-state index is 12.5. The molecule has 2 amide bonds. The molecule has 2 aliphatic rings. The van der Waals surface area contributed by atoms with Crippen molar-refractivity contribution in [2.75, 3.05) is 26.4 Å². The highest BCUT2D eigenvalue weighted by Gasteiger charge is 2.34. The third-order valence-electron chi connectivity index (χ3n) is 5.27. The van der Waals surface area contributed by atoms with Crippen molar-refractivity contribution in [2.24, 2.45) is 0 Å². The van der Waals surface area contributed by atoms with Crippen molar-refractivity contribution in [1.29, 1.82) is 0 Å². The van der Waals surface area contributed by atoms with Gasteiger partial charge in [0.15, 0.2) is 0 Å². The number of carbonyl (C=O) groups excluding carboxylic acids is 2. The Morgan fingerprint density at radius 2 is 2.15 bits per heavy atom. The Morgan fingerprint density at radius 1 is 1.30 bits per heavy atom. The first-order chi connectivity index (χ1) is 13.2. The van der Waals surface area contributed by atoms with Gasteiger partial charge in [0.05, 0.1) is 29.5 Å². The highest BCUT2D eigenvalue weighted by atomic mass is 32.1. The van der Waals surface area contributed by atoms with Crippen LogP contribution in [0.2, 0.25) is 0 Å². The van der Waals surface area contributed by atoms with Gasteiger partial charge in [0.2, 0.25) is 11.8 Å². The summed E-state index contributed by atoms with van der Waals surface area (Å²) in [7, 11) is 0. The number of aryl methyl sites for hydroxylation is 1. The standard InChI is InChI=1S/C19H29N3O4S/c23-17(5-4-15-12-27-14-21-15)22-19(7-2-1-3-8-19)13-20-18(24)11-26-16-6-9-25-10-16/h12,14,16H,1-11,13H2,(H,20,24)(H,22,23). The van der Waals surface area contributed by atoms with Crippen LogP contribution in [-0.4, -0.2) is 54.8 Å². The summed E-state index contributed by atoms with van der Waals surface area (Å²) in [4.78, 5) is 28.8. The first-order valence-corrected chi connectivity index (χ1v) is 10.7. The molecule has 8 heteroatoms. The van der Waals surface area contributed by atoms with Crippen molar-refractivity contribution in [3.05, 3.63) is 16.6 Å². The van der Waals surface area contributed by atoms with E-state index < -0.39 is 0 Å². The van der Waals surface area contributed by atoms with Crippen LogP contribution in [-0.2, 0) is 25.5 Å². The second kappa shape index (κ2) is 10.1. The number of hydrogen-bond acceptors (Lipinski definition) is 6. The number of rotatable bonds is 9. The van der Waals surface area contributed by atoms with Gasteiger partial charge < -0.3 is 20.1 Å². The van der Waals surface area contributed by atoms with Crippen LogP contribution in [0.3, 0.4) is 0 Å². The van der Waals surface area contributed by atoms with Gasteiger partial charge in [0, 0.05) is 25.0 Å². The molecule has 0 aromatic carbocycles. The molecule has 1 aromatic rings. The fourth-order valence-corrected chi connectivity index (χ4v) is 4.28. The molecule has 2 fully saturated rings. The smallest absolute Gasteiger partial charge is 0.246 e. The van der Waals surface area contributed by atoms with Gasteiger partial charge in [-0.15, -0.1) is 11.3 Å². The normalized spacial score (nSPS) is 21.7. The van der Waals surface area contributed by atoms with Gasteiger partial charge in [0.25, 0.3) is 0 Å². The first-order valence-electron chi connectivity index (χ1n) is 9.79. The minimum absolute atomic E-state index is 0.0183. The monoisotopic (exact) mass is 395 g/mol. The summed E-state index contributed by atoms with van der Waals surface area (Å²) >= 11 is 1.54. The van der Waals surface area contributed by atoms with Gasteiger partial charge in [0.1, 0.15) is 6.61 Å². The van der Waals surface area contributed by atoms with E-state index >= 15 is 0 Å². The maximum Gasteiger partial charge on any atom is 0.246 e. The van der Waals surface area contributed by atoms with Gasteiger partial charge in [-0.2, -0.15) is 0 Å². The van der Waals surface area contributed by atoms with Crippen LogP contribution in [0, 0.1) is 0 Å². The molecule has 0 radical (unpaired) electrons. The summed E-state index contributed by atoms with van der Waals surface area (Å²) < 4.78 is 10.8. The number of aromatic nitrogens is 1. The van der Waals surface area contributed by atoms with Gasteiger partial charge >= 0.3 is 0 Å². The highest BCUT2D eigenvalue weighted by Crippen LogP contribution is 2.28. The molecule has 2 N–H and O–H groups in total. The Hall–Kier alpha value is -1.51. The molecule has 1 atom stereocenters. The van der Waals surface area contributed by atoms with E-state index in [2.05, 4.69) is 15.6 Å². The van der Waals surface area contributed by atoms with E-state index in [0.717, 1.165) is 37.8 Å². The molecule has 2 heterocycles. The average molecular weight is 396 g/mol. The molecule has 0 bridgehead atoms. The van der Waals surface area contributed by atoms with Crippen LogP contribution >= 0.6 is 11.3 Å². The van der Waals surface area contributed by atoms with Gasteiger partial charge in [-0.25, -0.2) is 4.98 Å². The van der Waals surface area contributed by atoms with Gasteiger partial charge in [-0.05, 0) is 25.7 Å². The zero-order valence-corrected chi connectivity index (χ0v) is 16.5. The molecule has 1 aliphatic heterocycles. The minimum atomic E-state index is -0.344. The Labute approximate surface area is 164 Å². The summed E-state index contributed by atoms with van der Waals surface area (Å²) in [5.74, 6) is -0.109. The molecular formula is C19H29N3O4S. The SMILES string of the molecule is O=C(COC1CCOC1)NCC1(NC(=O)CCc2cscn2)CCCCC1. The second-order valence-corrected chi connectivity index (χ2v) is 8.16. The largest absolute Gasteiger partial charge is 0.379 e. The minimum Gasteiger partial charge on any atom is -0.379 e. The van der Waals surface area contributed by atoms with Crippen molar-refractivity contribution < 1.29 is 19.1 Å². The Morgan fingerprint density at radius 3 is 2.85 bits per heavy atom. The summed E-state index contributed by atoms with van der Waals surface area (Å²) in [5, 5.41) is 8.14. The molecule has 3 rings (SSSR count). The van der Waals surface area contributed by atoms with E-state index in [1.54, 1.807) is 16.8 Å². The van der Waals surface area contributed by atoms with Crippen LogP contribution in [0.5, 0.6) is 0 Å². The van der Waals surface area contributed by atoms with Gasteiger partial charge in [-0.1, -0.05) is 19.3 Å². The number of carbonyl (C=O) groups is 2. The molecule has 1 aliphatic carbocycles. The lowest BCUT2D eigenvalue weighted by molar-refractivity contribution is -0.129. The topological polar surface area (TPSA) is 89.5 Å². The molecular weight excluding hydrogens is 366 g/mol. The summed E-state index contributed by atoms with van der Waals surface area (Å²) in [6.45, 7) is 1.76. The number of hydrogen-bond donors (Lipinski definition) is 2. The quantitative estimate of drug-likeness (QED) is 0.666. The predicted molar refractivity (Wildman–Crippen MR) is 103 cm³/mol. The summed E-state index contributed by atoms with van der Waals surface area (Å²) in [6.07, 6.45) is 7.03. The number of ether oxygens (including phenoxy) is 2. The van der Waals surface area contributed by atoms with E-state index in [1.807, 2.05) is 5.38 Å². The van der Waals surface area contributed by atoms with Crippen molar-refractivity contribution >= 4 is 23.2 Å². The van der Waals surface area contributed by atoms with Crippen molar-refractivity contribution in [2.45, 2.75) is 63.0 Å². The Balaban J connectivity index is 1.44. The molecule has 1 saturated carbocycles. The highest BCUT2D eigenvalue weighted by molar-refractivity contribution is 7.07. The fraction of sp³-hybridized carbons (Fsp3) is 0.737. The lowest BCUT2D eigenvalue weighted by Gasteiger charge is -2.38. The first kappa shape index (κ1) is 20.2. The van der Waals surface area contributed by atoms with Crippen molar-refractivity contribution in [1.82, 2.24) is 15.6 Å². The van der Waals surface area contributed by atoms with E-state index in [1.165, 1.54) is 6.42 Å². The Bertz CT molecular complexity index is 596. The lowest BCUT2D eigenvalue weighted by Crippen LogP contribution is -2.57. The zero-order valence-electron chi connectivity index (χ0n) is 15.7. The number of nitrogens with zero attached hydrogens (tertiary/aromatic N) is 1. The van der Waals surface area contributed by atoms with Crippen LogP contribution in [0.25, 0.3) is 0 Å². The second-order valence-electron chi connectivity index (χ2n) is 7.44. The molecule has 27 heavy (non-hydrogen) atoms. The maximum atomic E-state index is 12.5. The lowest BCUT2D eigenvalue weighted by atomic mass is 9.81. The van der Waals surface area contributed by atoms with E-state index in [-0.39, 0.29) is 30.1 Å². The Kier molecular flexibility index (Phi) is 7.60. The number of amides is 2. The van der Waals surface area contributed by atoms with Gasteiger partial charge in [-0.3, -0.25) is 9.59 Å². The molecule has 150 valence electrons.